The molecule has 3 aromatic rings. The average Bonchev–Trinajstić information content (AvgIpc) is 2.99. The van der Waals surface area contributed by atoms with Gasteiger partial charge in [-0.15, -0.1) is 0 Å². The molecule has 0 amide bonds. The predicted molar refractivity (Wildman–Crippen MR) is 93.9 cm³/mol. The van der Waals surface area contributed by atoms with Crippen LogP contribution < -0.4 is 4.72 Å². The van der Waals surface area contributed by atoms with E-state index in [1.54, 1.807) is 0 Å². The van der Waals surface area contributed by atoms with Crippen molar-refractivity contribution in [3.63, 3.8) is 0 Å². The molecule has 4 rings (SSSR count). The number of carbonyl (C=O) groups is 1. The predicted octanol–water partition coefficient (Wildman–Crippen LogP) is 2.76. The molecule has 1 fully saturated rings. The molecule has 0 aliphatic heterocycles. The highest BCUT2D eigenvalue weighted by atomic mass is 32.2. The molecule has 2 aromatic heterocycles. The molecule has 1 aromatic carbocycles. The van der Waals surface area contributed by atoms with Gasteiger partial charge < -0.3 is 4.98 Å². The van der Waals surface area contributed by atoms with Crippen molar-refractivity contribution in [2.75, 3.05) is 4.72 Å². The number of ketones is 1. The molecular formula is C17H14F2N4O3S. The molecule has 0 bridgehead atoms. The SMILES string of the molecule is O=C(c1c(F)ccc(NS(=O)(=O)C2CCC2)c1F)c1c[nH]c2ncncc12. The number of fused-ring (bicyclic) bond motifs is 1. The van der Waals surface area contributed by atoms with Gasteiger partial charge in [-0.05, 0) is 25.0 Å². The van der Waals surface area contributed by atoms with Crippen LogP contribution in [0.25, 0.3) is 11.0 Å². The number of hydrogen-bond acceptors (Lipinski definition) is 5. The molecule has 27 heavy (non-hydrogen) atoms. The van der Waals surface area contributed by atoms with Crippen molar-refractivity contribution >= 4 is 32.5 Å². The normalized spacial score (nSPS) is 14.9. The highest BCUT2D eigenvalue weighted by molar-refractivity contribution is 7.93. The van der Waals surface area contributed by atoms with Crippen LogP contribution >= 0.6 is 0 Å². The first-order valence-electron chi connectivity index (χ1n) is 8.20. The Bertz CT molecular complexity index is 1160. The van der Waals surface area contributed by atoms with Gasteiger partial charge in [-0.25, -0.2) is 27.2 Å². The van der Waals surface area contributed by atoms with Gasteiger partial charge in [-0.2, -0.15) is 0 Å². The lowest BCUT2D eigenvalue weighted by molar-refractivity contribution is 0.103. The van der Waals surface area contributed by atoms with E-state index in [-0.39, 0.29) is 5.56 Å². The van der Waals surface area contributed by atoms with Gasteiger partial charge in [0.15, 0.2) is 5.82 Å². The molecule has 0 unspecified atom stereocenters. The van der Waals surface area contributed by atoms with Gasteiger partial charge in [0, 0.05) is 17.8 Å². The fraction of sp³-hybridized carbons (Fsp3) is 0.235. The van der Waals surface area contributed by atoms with E-state index in [0.29, 0.717) is 23.9 Å². The number of carbonyl (C=O) groups excluding carboxylic acids is 1. The maximum atomic E-state index is 14.9. The summed E-state index contributed by atoms with van der Waals surface area (Å²) < 4.78 is 55.7. The Hall–Kier alpha value is -2.88. The summed E-state index contributed by atoms with van der Waals surface area (Å²) in [5, 5.41) is -0.298. The molecule has 7 nitrogen and oxygen atoms in total. The molecule has 1 saturated carbocycles. The number of nitrogens with zero attached hydrogens (tertiary/aromatic N) is 2. The van der Waals surface area contributed by atoms with E-state index in [9.17, 15) is 22.0 Å². The lowest BCUT2D eigenvalue weighted by atomic mass is 10.0. The summed E-state index contributed by atoms with van der Waals surface area (Å²) in [5.41, 5.74) is -0.963. The number of rotatable bonds is 5. The zero-order valence-electron chi connectivity index (χ0n) is 13.9. The Morgan fingerprint density at radius 1 is 1.26 bits per heavy atom. The number of anilines is 1. The van der Waals surface area contributed by atoms with E-state index in [1.165, 1.54) is 18.7 Å². The molecule has 2 heterocycles. The maximum Gasteiger partial charge on any atom is 0.235 e. The van der Waals surface area contributed by atoms with Gasteiger partial charge in [0.25, 0.3) is 0 Å². The van der Waals surface area contributed by atoms with Crippen LogP contribution in [0.1, 0.15) is 35.2 Å². The molecule has 140 valence electrons. The largest absolute Gasteiger partial charge is 0.345 e. The van der Waals surface area contributed by atoms with Crippen molar-refractivity contribution < 1.29 is 22.0 Å². The highest BCUT2D eigenvalue weighted by Crippen LogP contribution is 2.30. The Balaban J connectivity index is 1.75. The summed E-state index contributed by atoms with van der Waals surface area (Å²) in [5.74, 6) is -3.28. The topological polar surface area (TPSA) is 105 Å². The van der Waals surface area contributed by atoms with Crippen LogP contribution in [0, 0.1) is 11.6 Å². The van der Waals surface area contributed by atoms with Gasteiger partial charge in [-0.1, -0.05) is 6.42 Å². The first kappa shape index (κ1) is 17.5. The Morgan fingerprint density at radius 2 is 2.04 bits per heavy atom. The fourth-order valence-electron chi connectivity index (χ4n) is 2.94. The Morgan fingerprint density at radius 3 is 2.74 bits per heavy atom. The van der Waals surface area contributed by atoms with E-state index in [1.807, 2.05) is 0 Å². The third kappa shape index (κ3) is 2.95. The van der Waals surface area contributed by atoms with Gasteiger partial charge in [-0.3, -0.25) is 9.52 Å². The molecule has 1 aliphatic rings. The second kappa shape index (κ2) is 6.38. The van der Waals surface area contributed by atoms with E-state index in [2.05, 4.69) is 19.7 Å². The summed E-state index contributed by atoms with van der Waals surface area (Å²) in [4.78, 5) is 23.2. The molecule has 0 atom stereocenters. The molecule has 1 aliphatic carbocycles. The van der Waals surface area contributed by atoms with Crippen molar-refractivity contribution in [1.82, 2.24) is 15.0 Å². The van der Waals surface area contributed by atoms with Crippen LogP contribution in [0.4, 0.5) is 14.5 Å². The van der Waals surface area contributed by atoms with Gasteiger partial charge in [0.05, 0.1) is 22.1 Å². The number of benzene rings is 1. The minimum atomic E-state index is -3.79. The summed E-state index contributed by atoms with van der Waals surface area (Å²) in [6, 6.07) is 1.83. The fourth-order valence-corrected chi connectivity index (χ4v) is 4.52. The number of nitrogens with one attached hydrogen (secondary N) is 2. The van der Waals surface area contributed by atoms with Crippen molar-refractivity contribution in [1.29, 1.82) is 0 Å². The standard InChI is InChI=1S/C17H14F2N4O3S/c18-12-4-5-13(23-27(25,26)9-2-1-3-9)15(19)14(12)16(24)10-7-21-17-11(10)6-20-8-22-17/h4-9,23H,1-3H2,(H,20,21,22). The molecule has 2 N–H and O–H groups in total. The van der Waals surface area contributed by atoms with Crippen LogP contribution in [0.3, 0.4) is 0 Å². The lowest BCUT2D eigenvalue weighted by Gasteiger charge is -2.25. The molecule has 10 heteroatoms. The Kier molecular flexibility index (Phi) is 4.14. The van der Waals surface area contributed by atoms with E-state index < -0.39 is 43.9 Å². The first-order chi connectivity index (χ1) is 12.9. The Labute approximate surface area is 152 Å². The van der Waals surface area contributed by atoms with Gasteiger partial charge in [0.2, 0.25) is 15.8 Å². The quantitative estimate of drug-likeness (QED) is 0.650. The van der Waals surface area contributed by atoms with E-state index in [4.69, 9.17) is 0 Å². The number of aromatic nitrogens is 3. The number of hydrogen-bond donors (Lipinski definition) is 2. The number of aromatic amines is 1. The third-order valence-corrected chi connectivity index (χ3v) is 6.52. The lowest BCUT2D eigenvalue weighted by Crippen LogP contribution is -2.33. The minimum absolute atomic E-state index is 0.0117. The van der Waals surface area contributed by atoms with Gasteiger partial charge in [0.1, 0.15) is 17.8 Å². The van der Waals surface area contributed by atoms with Crippen LogP contribution in [0.5, 0.6) is 0 Å². The average molecular weight is 392 g/mol. The molecular weight excluding hydrogens is 378 g/mol. The first-order valence-corrected chi connectivity index (χ1v) is 9.74. The zero-order chi connectivity index (χ0) is 19.2. The van der Waals surface area contributed by atoms with Crippen LogP contribution in [-0.2, 0) is 10.0 Å². The number of H-pyrrole nitrogens is 1. The van der Waals surface area contributed by atoms with Crippen molar-refractivity contribution in [3.8, 4) is 0 Å². The van der Waals surface area contributed by atoms with E-state index >= 15 is 0 Å². The molecule has 0 saturated heterocycles. The zero-order valence-corrected chi connectivity index (χ0v) is 14.7. The van der Waals surface area contributed by atoms with Crippen LogP contribution in [0.2, 0.25) is 0 Å². The summed E-state index contributed by atoms with van der Waals surface area (Å²) >= 11 is 0. The minimum Gasteiger partial charge on any atom is -0.345 e. The van der Waals surface area contributed by atoms with Crippen LogP contribution in [-0.4, -0.2) is 34.4 Å². The second-order valence-corrected chi connectivity index (χ2v) is 8.26. The monoisotopic (exact) mass is 392 g/mol. The molecule has 0 radical (unpaired) electrons. The second-order valence-electron chi connectivity index (χ2n) is 6.30. The summed E-state index contributed by atoms with van der Waals surface area (Å²) in [7, 11) is -3.79. The van der Waals surface area contributed by atoms with Crippen molar-refractivity contribution in [3.05, 3.63) is 53.6 Å². The van der Waals surface area contributed by atoms with Crippen molar-refractivity contribution in [2.24, 2.45) is 0 Å². The number of sulfonamides is 1. The van der Waals surface area contributed by atoms with Gasteiger partial charge >= 0.3 is 0 Å². The molecule has 0 spiro atoms. The van der Waals surface area contributed by atoms with Crippen molar-refractivity contribution in [2.45, 2.75) is 24.5 Å². The number of halogens is 2. The van der Waals surface area contributed by atoms with E-state index in [0.717, 1.165) is 18.6 Å². The summed E-state index contributed by atoms with van der Waals surface area (Å²) in [6.45, 7) is 0. The highest BCUT2D eigenvalue weighted by Gasteiger charge is 2.33. The third-order valence-electron chi connectivity index (χ3n) is 4.66. The van der Waals surface area contributed by atoms with Crippen LogP contribution in [0.15, 0.2) is 30.9 Å². The summed E-state index contributed by atoms with van der Waals surface area (Å²) in [6.07, 6.45) is 5.66. The smallest absolute Gasteiger partial charge is 0.235 e. The maximum absolute atomic E-state index is 14.9.